The second-order valence-corrected chi connectivity index (χ2v) is 6.53. The summed E-state index contributed by atoms with van der Waals surface area (Å²) in [5.41, 5.74) is 2.43. The first kappa shape index (κ1) is 15.5. The zero-order chi connectivity index (χ0) is 14.5. The maximum Gasteiger partial charge on any atom is 0.0372 e. The Bertz CT molecular complexity index is 399. The van der Waals surface area contributed by atoms with E-state index in [9.17, 15) is 0 Å². The lowest BCUT2D eigenvalue weighted by atomic mass is 9.98. The molecule has 0 aliphatic carbocycles. The SMILES string of the molecule is CCC1CNC(CC(C)C)CN1Cc1ccc(C)nc1. The Morgan fingerprint density at radius 3 is 2.80 bits per heavy atom. The lowest BCUT2D eigenvalue weighted by Crippen LogP contribution is -2.56. The fraction of sp³-hybridized carbons (Fsp3) is 0.706. The molecule has 3 heteroatoms. The second kappa shape index (κ2) is 7.19. The highest BCUT2D eigenvalue weighted by atomic mass is 15.2. The van der Waals surface area contributed by atoms with Gasteiger partial charge in [0.15, 0.2) is 0 Å². The molecule has 1 aliphatic rings. The number of nitrogens with one attached hydrogen (secondary N) is 1. The van der Waals surface area contributed by atoms with Crippen molar-refractivity contribution in [2.75, 3.05) is 13.1 Å². The van der Waals surface area contributed by atoms with Crippen LogP contribution in [0.15, 0.2) is 18.3 Å². The van der Waals surface area contributed by atoms with Gasteiger partial charge in [0.2, 0.25) is 0 Å². The minimum atomic E-state index is 0.635. The fourth-order valence-electron chi connectivity index (χ4n) is 3.08. The molecule has 0 bridgehead atoms. The van der Waals surface area contributed by atoms with Crippen molar-refractivity contribution in [3.8, 4) is 0 Å². The number of hydrogen-bond donors (Lipinski definition) is 1. The molecule has 2 unspecified atom stereocenters. The summed E-state index contributed by atoms with van der Waals surface area (Å²) in [6, 6.07) is 5.62. The Morgan fingerprint density at radius 1 is 1.40 bits per heavy atom. The molecule has 1 saturated heterocycles. The molecule has 2 heterocycles. The van der Waals surface area contributed by atoms with Crippen molar-refractivity contribution in [2.45, 2.75) is 59.2 Å². The van der Waals surface area contributed by atoms with E-state index in [0.717, 1.165) is 31.2 Å². The predicted octanol–water partition coefficient (Wildman–Crippen LogP) is 2.99. The highest BCUT2D eigenvalue weighted by Gasteiger charge is 2.26. The number of pyridine rings is 1. The van der Waals surface area contributed by atoms with E-state index >= 15 is 0 Å². The Labute approximate surface area is 123 Å². The summed E-state index contributed by atoms with van der Waals surface area (Å²) in [4.78, 5) is 7.06. The molecule has 2 atom stereocenters. The van der Waals surface area contributed by atoms with Gasteiger partial charge in [0.05, 0.1) is 0 Å². The third kappa shape index (κ3) is 4.29. The van der Waals surface area contributed by atoms with Crippen LogP contribution in [-0.4, -0.2) is 35.1 Å². The van der Waals surface area contributed by atoms with Crippen LogP contribution in [0.4, 0.5) is 0 Å². The van der Waals surface area contributed by atoms with Crippen LogP contribution in [-0.2, 0) is 6.54 Å². The van der Waals surface area contributed by atoms with Crippen molar-refractivity contribution >= 4 is 0 Å². The molecular weight excluding hydrogens is 246 g/mol. The fourth-order valence-corrected chi connectivity index (χ4v) is 3.08. The Hall–Kier alpha value is -0.930. The van der Waals surface area contributed by atoms with E-state index in [1.165, 1.54) is 18.4 Å². The van der Waals surface area contributed by atoms with Gasteiger partial charge in [-0.25, -0.2) is 0 Å². The zero-order valence-corrected chi connectivity index (χ0v) is 13.4. The molecule has 2 rings (SSSR count). The lowest BCUT2D eigenvalue weighted by Gasteiger charge is -2.40. The van der Waals surface area contributed by atoms with Crippen LogP contribution in [0.1, 0.15) is 44.9 Å². The van der Waals surface area contributed by atoms with Gasteiger partial charge in [0.25, 0.3) is 0 Å². The molecule has 112 valence electrons. The molecule has 1 aromatic rings. The first-order valence-electron chi connectivity index (χ1n) is 7.97. The maximum absolute atomic E-state index is 4.42. The summed E-state index contributed by atoms with van der Waals surface area (Å²) in [6.07, 6.45) is 4.50. The van der Waals surface area contributed by atoms with E-state index < -0.39 is 0 Å². The van der Waals surface area contributed by atoms with Crippen LogP contribution in [0.2, 0.25) is 0 Å². The van der Waals surface area contributed by atoms with Crippen LogP contribution < -0.4 is 5.32 Å². The summed E-state index contributed by atoms with van der Waals surface area (Å²) in [6.45, 7) is 12.3. The van der Waals surface area contributed by atoms with Gasteiger partial charge >= 0.3 is 0 Å². The van der Waals surface area contributed by atoms with E-state index in [1.54, 1.807) is 0 Å². The van der Waals surface area contributed by atoms with Crippen molar-refractivity contribution < 1.29 is 0 Å². The summed E-state index contributed by atoms with van der Waals surface area (Å²) in [5, 5.41) is 3.72. The summed E-state index contributed by atoms with van der Waals surface area (Å²) in [5.74, 6) is 0.758. The van der Waals surface area contributed by atoms with Crippen LogP contribution in [0.25, 0.3) is 0 Å². The molecule has 20 heavy (non-hydrogen) atoms. The summed E-state index contributed by atoms with van der Waals surface area (Å²) >= 11 is 0. The number of rotatable bonds is 5. The highest BCUT2D eigenvalue weighted by molar-refractivity contribution is 5.13. The third-order valence-corrected chi connectivity index (χ3v) is 4.20. The monoisotopic (exact) mass is 275 g/mol. The van der Waals surface area contributed by atoms with Crippen molar-refractivity contribution in [3.05, 3.63) is 29.6 Å². The molecule has 0 spiro atoms. The van der Waals surface area contributed by atoms with Gasteiger partial charge in [0, 0.05) is 43.6 Å². The normalized spacial score (nSPS) is 24.2. The molecule has 0 saturated carbocycles. The van der Waals surface area contributed by atoms with Crippen molar-refractivity contribution in [1.82, 2.24) is 15.2 Å². The highest BCUT2D eigenvalue weighted by Crippen LogP contribution is 2.18. The van der Waals surface area contributed by atoms with Gasteiger partial charge < -0.3 is 5.32 Å². The van der Waals surface area contributed by atoms with E-state index in [1.807, 2.05) is 13.1 Å². The molecule has 1 aliphatic heterocycles. The van der Waals surface area contributed by atoms with Gasteiger partial charge in [-0.05, 0) is 37.3 Å². The van der Waals surface area contributed by atoms with Crippen LogP contribution in [0.5, 0.6) is 0 Å². The first-order chi connectivity index (χ1) is 9.58. The van der Waals surface area contributed by atoms with Gasteiger partial charge in [-0.3, -0.25) is 9.88 Å². The maximum atomic E-state index is 4.42. The molecule has 0 aromatic carbocycles. The third-order valence-electron chi connectivity index (χ3n) is 4.20. The Morgan fingerprint density at radius 2 is 2.20 bits per heavy atom. The second-order valence-electron chi connectivity index (χ2n) is 6.53. The number of piperazine rings is 1. The largest absolute Gasteiger partial charge is 0.311 e. The minimum Gasteiger partial charge on any atom is -0.311 e. The predicted molar refractivity (Wildman–Crippen MR) is 84.7 cm³/mol. The van der Waals surface area contributed by atoms with Crippen molar-refractivity contribution in [3.63, 3.8) is 0 Å². The standard InChI is InChI=1S/C17H29N3/c1-5-17-10-19-16(8-13(2)3)12-20(17)11-15-7-6-14(4)18-9-15/h6-7,9,13,16-17,19H,5,8,10-12H2,1-4H3. The van der Waals surface area contributed by atoms with Gasteiger partial charge in [-0.2, -0.15) is 0 Å². The average molecular weight is 275 g/mol. The Balaban J connectivity index is 1.99. The van der Waals surface area contributed by atoms with Crippen LogP contribution in [0, 0.1) is 12.8 Å². The van der Waals surface area contributed by atoms with Gasteiger partial charge in [0.1, 0.15) is 0 Å². The number of nitrogens with zero attached hydrogens (tertiary/aromatic N) is 2. The lowest BCUT2D eigenvalue weighted by molar-refractivity contribution is 0.111. The minimum absolute atomic E-state index is 0.635. The average Bonchev–Trinajstić information content (AvgIpc) is 2.41. The summed E-state index contributed by atoms with van der Waals surface area (Å²) < 4.78 is 0. The van der Waals surface area contributed by atoms with Crippen molar-refractivity contribution in [2.24, 2.45) is 5.92 Å². The zero-order valence-electron chi connectivity index (χ0n) is 13.4. The van der Waals surface area contributed by atoms with Gasteiger partial charge in [-0.15, -0.1) is 0 Å². The molecule has 0 radical (unpaired) electrons. The van der Waals surface area contributed by atoms with Crippen LogP contribution >= 0.6 is 0 Å². The van der Waals surface area contributed by atoms with Crippen molar-refractivity contribution in [1.29, 1.82) is 0 Å². The van der Waals surface area contributed by atoms with Gasteiger partial charge in [-0.1, -0.05) is 26.8 Å². The smallest absolute Gasteiger partial charge is 0.0372 e. The van der Waals surface area contributed by atoms with E-state index in [2.05, 4.69) is 48.1 Å². The van der Waals surface area contributed by atoms with E-state index in [0.29, 0.717) is 12.1 Å². The number of aromatic nitrogens is 1. The van der Waals surface area contributed by atoms with E-state index in [4.69, 9.17) is 0 Å². The summed E-state index contributed by atoms with van der Waals surface area (Å²) in [7, 11) is 0. The molecule has 1 aromatic heterocycles. The first-order valence-corrected chi connectivity index (χ1v) is 7.97. The quantitative estimate of drug-likeness (QED) is 0.895. The molecule has 1 fully saturated rings. The number of hydrogen-bond acceptors (Lipinski definition) is 3. The molecule has 3 nitrogen and oxygen atoms in total. The molecule has 1 N–H and O–H groups in total. The Kier molecular flexibility index (Phi) is 5.55. The molecule has 0 amide bonds. The topological polar surface area (TPSA) is 28.2 Å². The number of aryl methyl sites for hydroxylation is 1. The van der Waals surface area contributed by atoms with Crippen LogP contribution in [0.3, 0.4) is 0 Å². The molecular formula is C17H29N3. The van der Waals surface area contributed by atoms with E-state index in [-0.39, 0.29) is 0 Å².